The van der Waals surface area contributed by atoms with Gasteiger partial charge in [0.25, 0.3) is 0 Å². The van der Waals surface area contributed by atoms with Crippen molar-refractivity contribution >= 4 is 17.5 Å². The van der Waals surface area contributed by atoms with Crippen molar-refractivity contribution in [1.82, 2.24) is 5.32 Å². The molecule has 0 radical (unpaired) electrons. The molecule has 1 aliphatic rings. The summed E-state index contributed by atoms with van der Waals surface area (Å²) in [6, 6.07) is 7.67. The normalized spacial score (nSPS) is 20.4. The van der Waals surface area contributed by atoms with Gasteiger partial charge in [0.05, 0.1) is 12.6 Å². The van der Waals surface area contributed by atoms with Crippen LogP contribution >= 0.6 is 0 Å². The lowest BCUT2D eigenvalue weighted by molar-refractivity contribution is -0.131. The lowest BCUT2D eigenvalue weighted by Gasteiger charge is -2.28. The Balaban J connectivity index is 1.70. The summed E-state index contributed by atoms with van der Waals surface area (Å²) in [7, 11) is 0. The van der Waals surface area contributed by atoms with Crippen molar-refractivity contribution in [1.29, 1.82) is 0 Å². The zero-order valence-corrected chi connectivity index (χ0v) is 14.6. The van der Waals surface area contributed by atoms with Crippen molar-refractivity contribution in [2.45, 2.75) is 52.1 Å². The van der Waals surface area contributed by atoms with Gasteiger partial charge in [-0.1, -0.05) is 44.9 Å². The standard InChI is InChI=1S/C19H28N2O3/c1-3-15-9-5-6-10-16(15)21-18(22)12-20-19(23)13-24-17-11-7-4-8-14(17)2/h5-6,9-10,14,17H,3-4,7-8,11-13H2,1-2H3,(H,20,23)(H,21,22). The topological polar surface area (TPSA) is 67.4 Å². The third-order valence-electron chi connectivity index (χ3n) is 4.58. The molecule has 1 aliphatic carbocycles. The average molecular weight is 332 g/mol. The Labute approximate surface area is 144 Å². The molecular weight excluding hydrogens is 304 g/mol. The molecule has 0 saturated heterocycles. The molecule has 0 heterocycles. The van der Waals surface area contributed by atoms with Crippen LogP contribution in [0.5, 0.6) is 0 Å². The molecule has 24 heavy (non-hydrogen) atoms. The molecule has 5 heteroatoms. The fraction of sp³-hybridized carbons (Fsp3) is 0.579. The van der Waals surface area contributed by atoms with E-state index in [1.165, 1.54) is 6.42 Å². The van der Waals surface area contributed by atoms with Crippen LogP contribution in [0.1, 0.15) is 45.1 Å². The number of aryl methyl sites for hydroxylation is 1. The number of nitrogens with one attached hydrogen (secondary N) is 2. The summed E-state index contributed by atoms with van der Waals surface area (Å²) in [6.45, 7) is 4.19. The minimum Gasteiger partial charge on any atom is -0.368 e. The van der Waals surface area contributed by atoms with Crippen LogP contribution < -0.4 is 10.6 Å². The molecule has 1 fully saturated rings. The zero-order valence-electron chi connectivity index (χ0n) is 14.6. The van der Waals surface area contributed by atoms with Crippen LogP contribution in [-0.4, -0.2) is 31.1 Å². The molecule has 1 aromatic rings. The van der Waals surface area contributed by atoms with Gasteiger partial charge in [-0.15, -0.1) is 0 Å². The van der Waals surface area contributed by atoms with Crippen LogP contribution in [0.15, 0.2) is 24.3 Å². The Hall–Kier alpha value is -1.88. The molecule has 132 valence electrons. The molecule has 2 amide bonds. The van der Waals surface area contributed by atoms with Crippen LogP contribution in [0.3, 0.4) is 0 Å². The highest BCUT2D eigenvalue weighted by molar-refractivity contribution is 5.95. The van der Waals surface area contributed by atoms with E-state index in [2.05, 4.69) is 17.6 Å². The van der Waals surface area contributed by atoms with E-state index in [0.29, 0.717) is 5.92 Å². The highest BCUT2D eigenvalue weighted by atomic mass is 16.5. The third kappa shape index (κ3) is 5.64. The molecule has 2 rings (SSSR count). The van der Waals surface area contributed by atoms with Crippen molar-refractivity contribution in [3.05, 3.63) is 29.8 Å². The molecule has 0 bridgehead atoms. The van der Waals surface area contributed by atoms with Gasteiger partial charge in [0.2, 0.25) is 11.8 Å². The number of carbonyl (C=O) groups excluding carboxylic acids is 2. The number of hydrogen-bond donors (Lipinski definition) is 2. The largest absolute Gasteiger partial charge is 0.368 e. The van der Waals surface area contributed by atoms with E-state index < -0.39 is 0 Å². The number of carbonyl (C=O) groups is 2. The number of hydrogen-bond acceptors (Lipinski definition) is 3. The minimum absolute atomic E-state index is 0.0217. The fourth-order valence-corrected chi connectivity index (χ4v) is 3.09. The van der Waals surface area contributed by atoms with E-state index in [4.69, 9.17) is 4.74 Å². The summed E-state index contributed by atoms with van der Waals surface area (Å²) in [5.74, 6) is 0.0300. The van der Waals surface area contributed by atoms with Crippen molar-refractivity contribution in [2.75, 3.05) is 18.5 Å². The Bertz CT molecular complexity index is 559. The Morgan fingerprint density at radius 3 is 2.67 bits per heavy atom. The van der Waals surface area contributed by atoms with E-state index in [1.807, 2.05) is 31.2 Å². The van der Waals surface area contributed by atoms with Gasteiger partial charge in [-0.2, -0.15) is 0 Å². The van der Waals surface area contributed by atoms with Crippen LogP contribution in [-0.2, 0) is 20.7 Å². The molecule has 0 spiro atoms. The quantitative estimate of drug-likeness (QED) is 0.807. The number of para-hydroxylation sites is 1. The highest BCUT2D eigenvalue weighted by Crippen LogP contribution is 2.26. The molecule has 0 aromatic heterocycles. The van der Waals surface area contributed by atoms with Gasteiger partial charge in [-0.05, 0) is 36.8 Å². The first kappa shape index (κ1) is 18.5. The monoisotopic (exact) mass is 332 g/mol. The van der Waals surface area contributed by atoms with E-state index in [0.717, 1.165) is 36.9 Å². The van der Waals surface area contributed by atoms with E-state index in [1.54, 1.807) is 0 Å². The second kappa shape index (κ2) is 9.42. The number of benzene rings is 1. The van der Waals surface area contributed by atoms with Gasteiger partial charge in [-0.3, -0.25) is 9.59 Å². The Kier molecular flexibility index (Phi) is 7.25. The van der Waals surface area contributed by atoms with Gasteiger partial charge >= 0.3 is 0 Å². The fourth-order valence-electron chi connectivity index (χ4n) is 3.09. The average Bonchev–Trinajstić information content (AvgIpc) is 2.59. The maximum Gasteiger partial charge on any atom is 0.246 e. The second-order valence-electron chi connectivity index (χ2n) is 6.45. The maximum atomic E-state index is 12.0. The first-order valence-corrected chi connectivity index (χ1v) is 8.86. The summed E-state index contributed by atoms with van der Waals surface area (Å²) in [6.07, 6.45) is 5.59. The smallest absolute Gasteiger partial charge is 0.246 e. The first-order valence-electron chi connectivity index (χ1n) is 8.86. The second-order valence-corrected chi connectivity index (χ2v) is 6.45. The number of amides is 2. The third-order valence-corrected chi connectivity index (χ3v) is 4.58. The summed E-state index contributed by atoms with van der Waals surface area (Å²) >= 11 is 0. The first-order chi connectivity index (χ1) is 11.6. The summed E-state index contributed by atoms with van der Waals surface area (Å²) in [5, 5.41) is 5.45. The van der Waals surface area contributed by atoms with Crippen molar-refractivity contribution in [2.24, 2.45) is 5.92 Å². The van der Waals surface area contributed by atoms with Gasteiger partial charge in [0, 0.05) is 5.69 Å². The summed E-state index contributed by atoms with van der Waals surface area (Å²) in [5.41, 5.74) is 1.87. The molecule has 2 N–H and O–H groups in total. The molecule has 5 nitrogen and oxygen atoms in total. The van der Waals surface area contributed by atoms with E-state index >= 15 is 0 Å². The molecule has 1 aromatic carbocycles. The number of anilines is 1. The van der Waals surface area contributed by atoms with Crippen molar-refractivity contribution < 1.29 is 14.3 Å². The summed E-state index contributed by atoms with van der Waals surface area (Å²) < 4.78 is 5.70. The lowest BCUT2D eigenvalue weighted by atomic mass is 9.88. The maximum absolute atomic E-state index is 12.0. The summed E-state index contributed by atoms with van der Waals surface area (Å²) in [4.78, 5) is 23.8. The SMILES string of the molecule is CCc1ccccc1NC(=O)CNC(=O)COC1CCCCC1C. The van der Waals surface area contributed by atoms with Crippen LogP contribution in [0.4, 0.5) is 5.69 Å². The van der Waals surface area contributed by atoms with E-state index in [9.17, 15) is 9.59 Å². The zero-order chi connectivity index (χ0) is 17.4. The van der Waals surface area contributed by atoms with Gasteiger partial charge in [-0.25, -0.2) is 0 Å². The predicted octanol–water partition coefficient (Wildman–Crippen LogP) is 2.90. The molecule has 1 saturated carbocycles. The van der Waals surface area contributed by atoms with Gasteiger partial charge < -0.3 is 15.4 Å². The van der Waals surface area contributed by atoms with Crippen molar-refractivity contribution in [3.8, 4) is 0 Å². The number of rotatable bonds is 7. The number of ether oxygens (including phenoxy) is 1. The van der Waals surface area contributed by atoms with Crippen LogP contribution in [0.25, 0.3) is 0 Å². The molecular formula is C19H28N2O3. The Morgan fingerprint density at radius 1 is 1.17 bits per heavy atom. The molecule has 2 unspecified atom stereocenters. The predicted molar refractivity (Wildman–Crippen MR) is 94.8 cm³/mol. The Morgan fingerprint density at radius 2 is 1.92 bits per heavy atom. The minimum atomic E-state index is -0.244. The van der Waals surface area contributed by atoms with Gasteiger partial charge in [0.1, 0.15) is 6.61 Å². The molecule has 0 aliphatic heterocycles. The van der Waals surface area contributed by atoms with Crippen LogP contribution in [0.2, 0.25) is 0 Å². The van der Waals surface area contributed by atoms with Gasteiger partial charge in [0.15, 0.2) is 0 Å². The molecule has 2 atom stereocenters. The van der Waals surface area contributed by atoms with Crippen molar-refractivity contribution in [3.63, 3.8) is 0 Å². The lowest BCUT2D eigenvalue weighted by Crippen LogP contribution is -2.37. The highest BCUT2D eigenvalue weighted by Gasteiger charge is 2.22. The van der Waals surface area contributed by atoms with Crippen LogP contribution in [0, 0.1) is 5.92 Å². The van der Waals surface area contributed by atoms with E-state index in [-0.39, 0.29) is 31.1 Å².